The predicted molar refractivity (Wildman–Crippen MR) is 62.9 cm³/mol. The Morgan fingerprint density at radius 1 is 1.41 bits per heavy atom. The van der Waals surface area contributed by atoms with Crippen molar-refractivity contribution >= 4 is 17.6 Å². The Hall–Kier alpha value is -1.81. The Morgan fingerprint density at radius 2 is 2.12 bits per heavy atom. The maximum absolute atomic E-state index is 13.1. The highest BCUT2D eigenvalue weighted by Crippen LogP contribution is 2.29. The molecule has 0 radical (unpaired) electrons. The van der Waals surface area contributed by atoms with Gasteiger partial charge in [-0.2, -0.15) is 0 Å². The van der Waals surface area contributed by atoms with Crippen molar-refractivity contribution in [2.24, 2.45) is 0 Å². The summed E-state index contributed by atoms with van der Waals surface area (Å²) in [5, 5.41) is 9.28. The van der Waals surface area contributed by atoms with Crippen LogP contribution in [0.2, 0.25) is 5.02 Å². The fourth-order valence-electron chi connectivity index (χ4n) is 1.63. The van der Waals surface area contributed by atoms with Gasteiger partial charge in [0.1, 0.15) is 11.5 Å². The SMILES string of the molecule is Cc1cc(-c2cc(F)ccc2Cl)[nH]c1C(=O)O. The van der Waals surface area contributed by atoms with Crippen LogP contribution < -0.4 is 0 Å². The molecule has 2 N–H and O–H groups in total. The summed E-state index contributed by atoms with van der Waals surface area (Å²) in [7, 11) is 0. The lowest BCUT2D eigenvalue weighted by Gasteiger charge is -2.01. The topological polar surface area (TPSA) is 53.1 Å². The normalized spacial score (nSPS) is 10.5. The average molecular weight is 254 g/mol. The summed E-state index contributed by atoms with van der Waals surface area (Å²) >= 11 is 5.94. The second-order valence-electron chi connectivity index (χ2n) is 3.67. The Labute approximate surface area is 102 Å². The number of H-pyrrole nitrogens is 1. The van der Waals surface area contributed by atoms with Gasteiger partial charge >= 0.3 is 5.97 Å². The summed E-state index contributed by atoms with van der Waals surface area (Å²) in [5.41, 5.74) is 1.60. The number of carboxylic acids is 1. The summed E-state index contributed by atoms with van der Waals surface area (Å²) in [6.45, 7) is 1.66. The third-order valence-corrected chi connectivity index (χ3v) is 2.78. The van der Waals surface area contributed by atoms with Crippen LogP contribution >= 0.6 is 11.6 Å². The molecule has 1 aromatic carbocycles. The highest BCUT2D eigenvalue weighted by atomic mass is 35.5. The molecule has 0 saturated heterocycles. The van der Waals surface area contributed by atoms with E-state index in [1.807, 2.05) is 0 Å². The minimum Gasteiger partial charge on any atom is -0.477 e. The summed E-state index contributed by atoms with van der Waals surface area (Å²) in [6.07, 6.45) is 0. The number of nitrogens with one attached hydrogen (secondary N) is 1. The van der Waals surface area contributed by atoms with E-state index in [1.165, 1.54) is 18.2 Å². The molecule has 1 aromatic heterocycles. The maximum Gasteiger partial charge on any atom is 0.352 e. The first-order valence-corrected chi connectivity index (χ1v) is 5.25. The molecule has 0 bridgehead atoms. The van der Waals surface area contributed by atoms with E-state index >= 15 is 0 Å². The zero-order valence-corrected chi connectivity index (χ0v) is 9.68. The number of aromatic amines is 1. The van der Waals surface area contributed by atoms with Crippen molar-refractivity contribution < 1.29 is 14.3 Å². The third kappa shape index (κ3) is 2.17. The summed E-state index contributed by atoms with van der Waals surface area (Å²) in [4.78, 5) is 13.6. The van der Waals surface area contributed by atoms with Crippen LogP contribution in [0, 0.1) is 12.7 Å². The van der Waals surface area contributed by atoms with E-state index in [-0.39, 0.29) is 5.69 Å². The van der Waals surface area contributed by atoms with Gasteiger partial charge in [0.25, 0.3) is 0 Å². The lowest BCUT2D eigenvalue weighted by molar-refractivity contribution is 0.0690. The number of benzene rings is 1. The molecule has 17 heavy (non-hydrogen) atoms. The van der Waals surface area contributed by atoms with Crippen molar-refractivity contribution in [3.63, 3.8) is 0 Å². The van der Waals surface area contributed by atoms with Crippen LogP contribution in [0.1, 0.15) is 16.1 Å². The first-order valence-electron chi connectivity index (χ1n) is 4.87. The smallest absolute Gasteiger partial charge is 0.352 e. The van der Waals surface area contributed by atoms with E-state index in [9.17, 15) is 9.18 Å². The summed E-state index contributed by atoms with van der Waals surface area (Å²) in [6, 6.07) is 5.58. The van der Waals surface area contributed by atoms with Crippen molar-refractivity contribution in [1.82, 2.24) is 4.98 Å². The van der Waals surface area contributed by atoms with Gasteiger partial charge in [0.15, 0.2) is 0 Å². The van der Waals surface area contributed by atoms with Gasteiger partial charge in [-0.15, -0.1) is 0 Å². The Balaban J connectivity index is 2.57. The molecule has 88 valence electrons. The first-order chi connectivity index (χ1) is 7.99. The van der Waals surface area contributed by atoms with Crippen LogP contribution in [-0.4, -0.2) is 16.1 Å². The van der Waals surface area contributed by atoms with E-state index in [1.54, 1.807) is 13.0 Å². The number of aromatic carboxylic acids is 1. The predicted octanol–water partition coefficient (Wildman–Crippen LogP) is 3.48. The van der Waals surface area contributed by atoms with Gasteiger partial charge in [-0.3, -0.25) is 0 Å². The van der Waals surface area contributed by atoms with Crippen LogP contribution in [0.3, 0.4) is 0 Å². The zero-order valence-electron chi connectivity index (χ0n) is 8.92. The standard InChI is InChI=1S/C12H9ClFNO2/c1-6-4-10(15-11(6)12(16)17)8-5-7(14)2-3-9(8)13/h2-5,15H,1H3,(H,16,17). The Bertz CT molecular complexity index is 592. The van der Waals surface area contributed by atoms with Crippen LogP contribution in [0.25, 0.3) is 11.3 Å². The largest absolute Gasteiger partial charge is 0.477 e. The molecule has 3 nitrogen and oxygen atoms in total. The molecule has 5 heteroatoms. The minimum atomic E-state index is -1.05. The molecule has 0 saturated carbocycles. The minimum absolute atomic E-state index is 0.0836. The molecule has 0 aliphatic carbocycles. The van der Waals surface area contributed by atoms with Gasteiger partial charge in [-0.25, -0.2) is 9.18 Å². The summed E-state index contributed by atoms with van der Waals surface area (Å²) in [5.74, 6) is -1.48. The molecule has 0 unspecified atom stereocenters. The van der Waals surface area contributed by atoms with Gasteiger partial charge in [0.05, 0.1) is 5.02 Å². The third-order valence-electron chi connectivity index (χ3n) is 2.45. The van der Waals surface area contributed by atoms with Gasteiger partial charge in [0, 0.05) is 11.3 Å². The molecule has 0 aliphatic heterocycles. The van der Waals surface area contributed by atoms with Crippen molar-refractivity contribution in [3.8, 4) is 11.3 Å². The number of aromatic nitrogens is 1. The Morgan fingerprint density at radius 3 is 2.71 bits per heavy atom. The lowest BCUT2D eigenvalue weighted by atomic mass is 10.1. The number of halogens is 2. The lowest BCUT2D eigenvalue weighted by Crippen LogP contribution is -1.98. The second kappa shape index (κ2) is 4.22. The van der Waals surface area contributed by atoms with Crippen molar-refractivity contribution in [2.75, 3.05) is 0 Å². The maximum atomic E-state index is 13.1. The summed E-state index contributed by atoms with van der Waals surface area (Å²) < 4.78 is 13.1. The molecule has 0 aliphatic rings. The van der Waals surface area contributed by atoms with E-state index in [0.29, 0.717) is 21.8 Å². The number of hydrogen-bond donors (Lipinski definition) is 2. The van der Waals surface area contributed by atoms with E-state index in [0.717, 1.165) is 0 Å². The monoisotopic (exact) mass is 253 g/mol. The van der Waals surface area contributed by atoms with E-state index in [2.05, 4.69) is 4.98 Å². The van der Waals surface area contributed by atoms with Crippen LogP contribution in [0.4, 0.5) is 4.39 Å². The van der Waals surface area contributed by atoms with E-state index < -0.39 is 11.8 Å². The van der Waals surface area contributed by atoms with Crippen molar-refractivity contribution in [3.05, 3.63) is 46.4 Å². The molecular formula is C12H9ClFNO2. The number of carboxylic acid groups (broad SMARTS) is 1. The molecule has 2 aromatic rings. The van der Waals surface area contributed by atoms with Gasteiger partial charge in [0.2, 0.25) is 0 Å². The van der Waals surface area contributed by atoms with E-state index in [4.69, 9.17) is 16.7 Å². The van der Waals surface area contributed by atoms with Gasteiger partial charge in [-0.1, -0.05) is 11.6 Å². The average Bonchev–Trinajstić information content (AvgIpc) is 2.64. The molecule has 2 rings (SSSR count). The molecule has 0 fully saturated rings. The fourth-order valence-corrected chi connectivity index (χ4v) is 1.85. The second-order valence-corrected chi connectivity index (χ2v) is 4.08. The fraction of sp³-hybridized carbons (Fsp3) is 0.0833. The molecule has 0 spiro atoms. The number of hydrogen-bond acceptors (Lipinski definition) is 1. The number of aryl methyl sites for hydroxylation is 1. The zero-order chi connectivity index (χ0) is 12.6. The molecule has 1 heterocycles. The van der Waals surface area contributed by atoms with Crippen molar-refractivity contribution in [2.45, 2.75) is 6.92 Å². The highest BCUT2D eigenvalue weighted by Gasteiger charge is 2.14. The van der Waals surface area contributed by atoms with Crippen molar-refractivity contribution in [1.29, 1.82) is 0 Å². The number of carbonyl (C=O) groups is 1. The Kier molecular flexibility index (Phi) is 2.90. The first kappa shape index (κ1) is 11.7. The van der Waals surface area contributed by atoms with Gasteiger partial charge in [-0.05, 0) is 36.8 Å². The molecule has 0 amide bonds. The quantitative estimate of drug-likeness (QED) is 0.861. The van der Waals surface area contributed by atoms with Gasteiger partial charge < -0.3 is 10.1 Å². The highest BCUT2D eigenvalue weighted by molar-refractivity contribution is 6.33. The van der Waals surface area contributed by atoms with Crippen LogP contribution in [0.5, 0.6) is 0 Å². The molecule has 0 atom stereocenters. The van der Waals surface area contributed by atoms with Crippen LogP contribution in [-0.2, 0) is 0 Å². The van der Waals surface area contributed by atoms with Crippen LogP contribution in [0.15, 0.2) is 24.3 Å². The molecular weight excluding hydrogens is 245 g/mol. The number of rotatable bonds is 2.